The lowest BCUT2D eigenvalue weighted by Gasteiger charge is -2.32. The van der Waals surface area contributed by atoms with Crippen molar-refractivity contribution in [3.63, 3.8) is 0 Å². The minimum absolute atomic E-state index is 0.0326. The average molecular weight is 484 g/mol. The number of rotatable bonds is 8. The minimum atomic E-state index is -3.68. The van der Waals surface area contributed by atoms with Crippen LogP contribution < -0.4 is 4.72 Å². The van der Waals surface area contributed by atoms with E-state index in [2.05, 4.69) is 11.3 Å². The Morgan fingerprint density at radius 2 is 1.72 bits per heavy atom. The summed E-state index contributed by atoms with van der Waals surface area (Å²) in [5.74, 6) is -0.0645. The highest BCUT2D eigenvalue weighted by molar-refractivity contribution is 7.92. The third-order valence-electron chi connectivity index (χ3n) is 6.35. The predicted molar refractivity (Wildman–Crippen MR) is 119 cm³/mol. The molecule has 1 amide bonds. The standard InChI is InChI=1S/C21H29N3O6S2/c1-2-31(26,27)22-12-17-9-10-24(13-17)32(28,29)20-7-3-16(4-8-20)11-21(25)23-14-18-5-6-19(15-23)30-18/h2-4,7-8,17-19,22H,1,5-6,9-15H2. The van der Waals surface area contributed by atoms with Gasteiger partial charge in [0.2, 0.25) is 26.0 Å². The molecule has 176 valence electrons. The van der Waals surface area contributed by atoms with Crippen LogP contribution in [0.25, 0.3) is 0 Å². The van der Waals surface area contributed by atoms with E-state index >= 15 is 0 Å². The zero-order chi connectivity index (χ0) is 22.9. The Balaban J connectivity index is 1.34. The van der Waals surface area contributed by atoms with Crippen LogP contribution in [0.4, 0.5) is 0 Å². The summed E-state index contributed by atoms with van der Waals surface area (Å²) in [6.45, 7) is 5.26. The molecule has 11 heteroatoms. The number of carbonyl (C=O) groups excluding carboxylic acids is 1. The smallest absolute Gasteiger partial charge is 0.243 e. The van der Waals surface area contributed by atoms with Gasteiger partial charge >= 0.3 is 0 Å². The predicted octanol–water partition coefficient (Wildman–Crippen LogP) is 0.692. The molecule has 3 unspecified atom stereocenters. The van der Waals surface area contributed by atoms with E-state index < -0.39 is 20.0 Å². The molecule has 3 heterocycles. The SMILES string of the molecule is C=CS(=O)(=O)NCC1CCN(S(=O)(=O)c2ccc(CC(=O)N3CC4CCC(C3)O4)cc2)C1. The van der Waals surface area contributed by atoms with Crippen molar-refractivity contribution in [2.75, 3.05) is 32.7 Å². The molecule has 1 N–H and O–H groups in total. The first-order chi connectivity index (χ1) is 15.2. The van der Waals surface area contributed by atoms with Crippen LogP contribution in [0.15, 0.2) is 41.1 Å². The highest BCUT2D eigenvalue weighted by Gasteiger charge is 2.36. The second-order valence-corrected chi connectivity index (χ2v) is 12.3. The summed E-state index contributed by atoms with van der Waals surface area (Å²) in [7, 11) is -7.21. The molecule has 3 atom stereocenters. The number of benzene rings is 1. The molecule has 3 aliphatic heterocycles. The summed E-state index contributed by atoms with van der Waals surface area (Å²) >= 11 is 0. The van der Waals surface area contributed by atoms with Gasteiger partial charge in [-0.05, 0) is 42.9 Å². The van der Waals surface area contributed by atoms with Gasteiger partial charge in [-0.1, -0.05) is 18.7 Å². The van der Waals surface area contributed by atoms with Crippen LogP contribution in [0, 0.1) is 5.92 Å². The number of hydrogen-bond donors (Lipinski definition) is 1. The molecule has 3 saturated heterocycles. The van der Waals surface area contributed by atoms with Gasteiger partial charge in [0, 0.05) is 38.1 Å². The third kappa shape index (κ3) is 5.23. The second-order valence-electron chi connectivity index (χ2n) is 8.65. The maximum atomic E-state index is 13.0. The molecule has 0 spiro atoms. The van der Waals surface area contributed by atoms with Crippen molar-refractivity contribution < 1.29 is 26.4 Å². The van der Waals surface area contributed by atoms with Crippen molar-refractivity contribution in [2.45, 2.75) is 42.8 Å². The summed E-state index contributed by atoms with van der Waals surface area (Å²) < 4.78 is 58.5. The lowest BCUT2D eigenvalue weighted by atomic mass is 10.1. The lowest BCUT2D eigenvalue weighted by molar-refractivity contribution is -0.139. The summed E-state index contributed by atoms with van der Waals surface area (Å²) in [5, 5.41) is 0.839. The number of likely N-dealkylation sites (tertiary alicyclic amines) is 1. The van der Waals surface area contributed by atoms with E-state index in [4.69, 9.17) is 4.74 Å². The Bertz CT molecular complexity index is 1060. The van der Waals surface area contributed by atoms with E-state index in [1.807, 2.05) is 4.90 Å². The van der Waals surface area contributed by atoms with Gasteiger partial charge in [-0.3, -0.25) is 4.79 Å². The van der Waals surface area contributed by atoms with Crippen LogP contribution in [0.3, 0.4) is 0 Å². The molecule has 32 heavy (non-hydrogen) atoms. The van der Waals surface area contributed by atoms with Gasteiger partial charge in [-0.25, -0.2) is 21.6 Å². The van der Waals surface area contributed by atoms with Crippen LogP contribution in [-0.4, -0.2) is 76.9 Å². The van der Waals surface area contributed by atoms with E-state index in [-0.39, 0.29) is 48.4 Å². The fourth-order valence-electron chi connectivity index (χ4n) is 4.51. The van der Waals surface area contributed by atoms with Gasteiger partial charge in [-0.15, -0.1) is 0 Å². The van der Waals surface area contributed by atoms with E-state index in [1.165, 1.54) is 16.4 Å². The third-order valence-corrected chi connectivity index (χ3v) is 9.24. The maximum absolute atomic E-state index is 13.0. The van der Waals surface area contributed by atoms with Crippen molar-refractivity contribution in [1.82, 2.24) is 13.9 Å². The number of fused-ring (bicyclic) bond motifs is 2. The summed E-state index contributed by atoms with van der Waals surface area (Å²) in [4.78, 5) is 14.7. The number of morpholine rings is 1. The molecule has 0 aromatic heterocycles. The lowest BCUT2D eigenvalue weighted by Crippen LogP contribution is -2.46. The number of nitrogens with zero attached hydrogens (tertiary/aromatic N) is 2. The molecular weight excluding hydrogens is 454 g/mol. The fraction of sp³-hybridized carbons (Fsp3) is 0.571. The molecule has 3 aliphatic rings. The van der Waals surface area contributed by atoms with Crippen LogP contribution in [0.1, 0.15) is 24.8 Å². The minimum Gasteiger partial charge on any atom is -0.371 e. The van der Waals surface area contributed by atoms with Gasteiger partial charge in [0.1, 0.15) is 0 Å². The molecule has 4 rings (SSSR count). The molecule has 1 aromatic carbocycles. The highest BCUT2D eigenvalue weighted by Crippen LogP contribution is 2.27. The molecular formula is C21H29N3O6S2. The first kappa shape index (κ1) is 23.4. The first-order valence-corrected chi connectivity index (χ1v) is 13.8. The first-order valence-electron chi connectivity index (χ1n) is 10.8. The molecule has 0 saturated carbocycles. The van der Waals surface area contributed by atoms with E-state index in [0.717, 1.165) is 23.8 Å². The summed E-state index contributed by atoms with van der Waals surface area (Å²) in [6.07, 6.45) is 3.09. The number of hydrogen-bond acceptors (Lipinski definition) is 6. The van der Waals surface area contributed by atoms with Crippen molar-refractivity contribution in [3.05, 3.63) is 41.8 Å². The molecule has 3 fully saturated rings. The maximum Gasteiger partial charge on any atom is 0.243 e. The Morgan fingerprint density at radius 3 is 2.34 bits per heavy atom. The topological polar surface area (TPSA) is 113 Å². The fourth-order valence-corrected chi connectivity index (χ4v) is 6.63. The van der Waals surface area contributed by atoms with Crippen LogP contribution in [-0.2, 0) is 36.0 Å². The van der Waals surface area contributed by atoms with Crippen LogP contribution in [0.5, 0.6) is 0 Å². The normalized spacial score (nSPS) is 26.4. The molecule has 9 nitrogen and oxygen atoms in total. The van der Waals surface area contributed by atoms with Gasteiger partial charge in [0.05, 0.1) is 23.5 Å². The number of carbonyl (C=O) groups is 1. The van der Waals surface area contributed by atoms with E-state index in [0.29, 0.717) is 26.1 Å². The number of amides is 1. The second kappa shape index (κ2) is 9.22. The van der Waals surface area contributed by atoms with E-state index in [1.54, 1.807) is 12.1 Å². The zero-order valence-corrected chi connectivity index (χ0v) is 19.5. The van der Waals surface area contributed by atoms with Crippen LogP contribution in [0.2, 0.25) is 0 Å². The summed E-state index contributed by atoms with van der Waals surface area (Å²) in [5.41, 5.74) is 0.769. The largest absolute Gasteiger partial charge is 0.371 e. The van der Waals surface area contributed by atoms with Crippen molar-refractivity contribution in [2.24, 2.45) is 5.92 Å². The van der Waals surface area contributed by atoms with Crippen LogP contribution >= 0.6 is 0 Å². The van der Waals surface area contributed by atoms with Crippen molar-refractivity contribution >= 4 is 26.0 Å². The van der Waals surface area contributed by atoms with Gasteiger partial charge < -0.3 is 9.64 Å². The number of nitrogens with one attached hydrogen (secondary N) is 1. The van der Waals surface area contributed by atoms with Gasteiger partial charge in [-0.2, -0.15) is 4.31 Å². The Labute approximate surface area is 189 Å². The van der Waals surface area contributed by atoms with Gasteiger partial charge in [0.25, 0.3) is 0 Å². The Hall–Kier alpha value is -1.79. The average Bonchev–Trinajstić information content (AvgIpc) is 3.39. The molecule has 0 aliphatic carbocycles. The van der Waals surface area contributed by atoms with Crippen molar-refractivity contribution in [1.29, 1.82) is 0 Å². The zero-order valence-electron chi connectivity index (χ0n) is 17.9. The number of sulfonamides is 2. The Kier molecular flexibility index (Phi) is 6.73. The van der Waals surface area contributed by atoms with Gasteiger partial charge in [0.15, 0.2) is 0 Å². The molecule has 0 radical (unpaired) electrons. The summed E-state index contributed by atoms with van der Waals surface area (Å²) in [6, 6.07) is 6.45. The molecule has 2 bridgehead atoms. The van der Waals surface area contributed by atoms with E-state index in [9.17, 15) is 21.6 Å². The monoisotopic (exact) mass is 483 g/mol. The molecule has 1 aromatic rings. The Morgan fingerprint density at radius 1 is 1.06 bits per heavy atom. The van der Waals surface area contributed by atoms with Crippen molar-refractivity contribution in [3.8, 4) is 0 Å². The number of ether oxygens (including phenoxy) is 1. The quantitative estimate of drug-likeness (QED) is 0.582. The highest BCUT2D eigenvalue weighted by atomic mass is 32.2.